The van der Waals surface area contributed by atoms with Crippen LogP contribution in [0, 0.1) is 12.3 Å². The number of nitrogens with one attached hydrogen (secondary N) is 1. The molecule has 0 heterocycles. The first-order valence-electron chi connectivity index (χ1n) is 6.68. The molecule has 1 N–H and O–H groups in total. The third kappa shape index (κ3) is 4.18. The number of ether oxygens (including phenoxy) is 1. The van der Waals surface area contributed by atoms with Gasteiger partial charge in [0.05, 0.1) is 0 Å². The highest BCUT2D eigenvalue weighted by Crippen LogP contribution is 2.18. The highest BCUT2D eigenvalue weighted by molar-refractivity contribution is 6.30. The molecular weight excluding hydrogens is 274 g/mol. The summed E-state index contributed by atoms with van der Waals surface area (Å²) >= 11 is 5.80. The summed E-state index contributed by atoms with van der Waals surface area (Å²) in [5.41, 5.74) is -0.602. The normalized spacial score (nSPS) is 12.3. The average molecular weight is 294 g/mol. The monoisotopic (exact) mass is 293 g/mol. The molecule has 0 saturated heterocycles. The predicted molar refractivity (Wildman–Crippen MR) is 81.8 cm³/mol. The fourth-order valence-electron chi connectivity index (χ4n) is 1.78. The number of carbonyl (C=O) groups excluding carboxylic acids is 1. The largest absolute Gasteiger partial charge is 0.481 e. The summed E-state index contributed by atoms with van der Waals surface area (Å²) in [6.07, 6.45) is 6.26. The van der Waals surface area contributed by atoms with Gasteiger partial charge in [-0.2, -0.15) is 0 Å². The SMILES string of the molecule is C#CC(CC)(CC)NC(=O)C(C)Oc1ccc(Cl)cc1. The van der Waals surface area contributed by atoms with E-state index in [1.165, 1.54) is 0 Å². The van der Waals surface area contributed by atoms with Gasteiger partial charge in [0.2, 0.25) is 0 Å². The minimum atomic E-state index is -0.623. The third-order valence-corrected chi connectivity index (χ3v) is 3.59. The lowest BCUT2D eigenvalue weighted by atomic mass is 9.93. The van der Waals surface area contributed by atoms with E-state index < -0.39 is 11.6 Å². The van der Waals surface area contributed by atoms with Crippen LogP contribution in [0.25, 0.3) is 0 Å². The van der Waals surface area contributed by atoms with E-state index in [2.05, 4.69) is 11.2 Å². The highest BCUT2D eigenvalue weighted by atomic mass is 35.5. The van der Waals surface area contributed by atoms with E-state index in [9.17, 15) is 4.79 Å². The van der Waals surface area contributed by atoms with Crippen LogP contribution in [0.5, 0.6) is 5.75 Å². The second-order valence-corrected chi connectivity index (χ2v) is 5.07. The first kappa shape index (κ1) is 16.4. The molecule has 4 heteroatoms. The first-order valence-corrected chi connectivity index (χ1v) is 7.06. The minimum absolute atomic E-state index is 0.221. The lowest BCUT2D eigenvalue weighted by Gasteiger charge is -2.28. The molecule has 1 amide bonds. The molecule has 1 unspecified atom stereocenters. The van der Waals surface area contributed by atoms with Gasteiger partial charge < -0.3 is 10.1 Å². The van der Waals surface area contributed by atoms with Crippen LogP contribution in [-0.2, 0) is 4.79 Å². The van der Waals surface area contributed by atoms with Gasteiger partial charge in [-0.05, 0) is 44.0 Å². The molecule has 0 saturated carbocycles. The smallest absolute Gasteiger partial charge is 0.261 e. The van der Waals surface area contributed by atoms with Crippen LogP contribution < -0.4 is 10.1 Å². The van der Waals surface area contributed by atoms with Gasteiger partial charge in [-0.3, -0.25) is 4.79 Å². The molecule has 1 aromatic carbocycles. The first-order chi connectivity index (χ1) is 9.46. The molecule has 0 radical (unpaired) electrons. The van der Waals surface area contributed by atoms with Crippen molar-refractivity contribution >= 4 is 17.5 Å². The standard InChI is InChI=1S/C16H20ClNO2/c1-5-16(6-2,7-3)18-15(19)12(4)20-14-10-8-13(17)9-11-14/h1,8-12H,6-7H2,2-4H3,(H,18,19). The summed E-state index contributed by atoms with van der Waals surface area (Å²) in [6, 6.07) is 6.87. The lowest BCUT2D eigenvalue weighted by Crippen LogP contribution is -2.50. The Bertz CT molecular complexity index is 486. The molecule has 0 aliphatic heterocycles. The van der Waals surface area contributed by atoms with Crippen LogP contribution >= 0.6 is 11.6 Å². The second-order valence-electron chi connectivity index (χ2n) is 4.64. The van der Waals surface area contributed by atoms with E-state index in [0.717, 1.165) is 0 Å². The Morgan fingerprint density at radius 3 is 2.40 bits per heavy atom. The van der Waals surface area contributed by atoms with Crippen molar-refractivity contribution in [1.29, 1.82) is 0 Å². The predicted octanol–water partition coefficient (Wildman–Crippen LogP) is 3.42. The molecule has 1 rings (SSSR count). The van der Waals surface area contributed by atoms with E-state index in [1.807, 2.05) is 13.8 Å². The molecule has 0 aliphatic carbocycles. The summed E-state index contributed by atoms with van der Waals surface area (Å²) in [5.74, 6) is 3.04. The Labute approximate surface area is 125 Å². The summed E-state index contributed by atoms with van der Waals surface area (Å²) in [6.45, 7) is 5.60. The molecule has 0 aliphatic rings. The topological polar surface area (TPSA) is 38.3 Å². The van der Waals surface area contributed by atoms with Gasteiger partial charge in [0, 0.05) is 5.02 Å². The molecule has 3 nitrogen and oxygen atoms in total. The summed E-state index contributed by atoms with van der Waals surface area (Å²) in [4.78, 5) is 12.1. The van der Waals surface area contributed by atoms with Crippen LogP contribution in [0.4, 0.5) is 0 Å². The highest BCUT2D eigenvalue weighted by Gasteiger charge is 2.28. The van der Waals surface area contributed by atoms with E-state index in [4.69, 9.17) is 22.8 Å². The van der Waals surface area contributed by atoms with Crippen LogP contribution in [0.15, 0.2) is 24.3 Å². The zero-order chi connectivity index (χ0) is 15.2. The maximum absolute atomic E-state index is 12.1. The van der Waals surface area contributed by atoms with Gasteiger partial charge in [0.15, 0.2) is 6.10 Å². The van der Waals surface area contributed by atoms with Crippen LogP contribution in [0.1, 0.15) is 33.6 Å². The van der Waals surface area contributed by atoms with Crippen molar-refractivity contribution in [1.82, 2.24) is 5.32 Å². The molecule has 1 aromatic rings. The van der Waals surface area contributed by atoms with E-state index in [0.29, 0.717) is 23.6 Å². The number of hydrogen-bond donors (Lipinski definition) is 1. The molecule has 0 bridgehead atoms. The van der Waals surface area contributed by atoms with Crippen molar-refractivity contribution < 1.29 is 9.53 Å². The van der Waals surface area contributed by atoms with Crippen molar-refractivity contribution in [3.8, 4) is 18.1 Å². The summed E-state index contributed by atoms with van der Waals surface area (Å²) in [5, 5.41) is 3.51. The van der Waals surface area contributed by atoms with Gasteiger partial charge >= 0.3 is 0 Å². The Kier molecular flexibility index (Phi) is 5.91. The van der Waals surface area contributed by atoms with Gasteiger partial charge in [-0.1, -0.05) is 31.4 Å². The quantitative estimate of drug-likeness (QED) is 0.816. The maximum atomic E-state index is 12.1. The Hall–Kier alpha value is -1.66. The number of benzene rings is 1. The second kappa shape index (κ2) is 7.21. The summed E-state index contributed by atoms with van der Waals surface area (Å²) in [7, 11) is 0. The number of amides is 1. The van der Waals surface area contributed by atoms with Gasteiger partial charge in [-0.15, -0.1) is 6.42 Å². The van der Waals surface area contributed by atoms with Crippen molar-refractivity contribution in [2.24, 2.45) is 0 Å². The fourth-order valence-corrected chi connectivity index (χ4v) is 1.90. The van der Waals surface area contributed by atoms with Crippen molar-refractivity contribution in [3.05, 3.63) is 29.3 Å². The average Bonchev–Trinajstić information content (AvgIpc) is 2.47. The van der Waals surface area contributed by atoms with Crippen LogP contribution in [-0.4, -0.2) is 17.6 Å². The van der Waals surface area contributed by atoms with E-state index >= 15 is 0 Å². The van der Waals surface area contributed by atoms with Crippen LogP contribution in [0.3, 0.4) is 0 Å². The molecule has 0 spiro atoms. The number of rotatable bonds is 6. The molecule has 0 fully saturated rings. The molecule has 20 heavy (non-hydrogen) atoms. The zero-order valence-corrected chi connectivity index (χ0v) is 12.8. The number of halogens is 1. The van der Waals surface area contributed by atoms with Gasteiger partial charge in [0.1, 0.15) is 11.3 Å². The zero-order valence-electron chi connectivity index (χ0n) is 12.1. The van der Waals surface area contributed by atoms with Gasteiger partial charge in [0.25, 0.3) is 5.91 Å². The third-order valence-electron chi connectivity index (χ3n) is 3.34. The Balaban J connectivity index is 2.68. The Morgan fingerprint density at radius 1 is 1.40 bits per heavy atom. The summed E-state index contributed by atoms with van der Waals surface area (Å²) < 4.78 is 5.57. The van der Waals surface area contributed by atoms with Gasteiger partial charge in [-0.25, -0.2) is 0 Å². The Morgan fingerprint density at radius 2 is 1.95 bits per heavy atom. The van der Waals surface area contributed by atoms with E-state index in [-0.39, 0.29) is 5.91 Å². The lowest BCUT2D eigenvalue weighted by molar-refractivity contribution is -0.128. The number of carbonyl (C=O) groups is 1. The molecular formula is C16H20ClNO2. The van der Waals surface area contributed by atoms with E-state index in [1.54, 1.807) is 31.2 Å². The maximum Gasteiger partial charge on any atom is 0.261 e. The molecule has 108 valence electrons. The fraction of sp³-hybridized carbons (Fsp3) is 0.438. The number of terminal acetylenes is 1. The van der Waals surface area contributed by atoms with Crippen LogP contribution in [0.2, 0.25) is 5.02 Å². The molecule has 1 atom stereocenters. The van der Waals surface area contributed by atoms with Crippen molar-refractivity contribution in [2.45, 2.75) is 45.3 Å². The van der Waals surface area contributed by atoms with Crippen molar-refractivity contribution in [3.63, 3.8) is 0 Å². The minimum Gasteiger partial charge on any atom is -0.481 e. The van der Waals surface area contributed by atoms with Crippen molar-refractivity contribution in [2.75, 3.05) is 0 Å². The number of hydrogen-bond acceptors (Lipinski definition) is 2. The molecule has 0 aromatic heterocycles.